The number of methoxy groups -OCH3 is 1. The van der Waals surface area contributed by atoms with Gasteiger partial charge in [-0.2, -0.15) is 4.98 Å². The molecule has 0 aliphatic carbocycles. The van der Waals surface area contributed by atoms with E-state index in [1.54, 1.807) is 13.2 Å². The van der Waals surface area contributed by atoms with E-state index in [4.69, 9.17) is 15.2 Å². The summed E-state index contributed by atoms with van der Waals surface area (Å²) in [5.74, 6) is 2.24. The Morgan fingerprint density at radius 3 is 2.03 bits per heavy atom. The molecule has 1 heterocycles. The molecule has 0 unspecified atom stereocenters. The third-order valence-electron chi connectivity index (χ3n) is 4.59. The summed E-state index contributed by atoms with van der Waals surface area (Å²) in [6.07, 6.45) is 4.37. The molecule has 4 rings (SSSR count). The van der Waals surface area contributed by atoms with Gasteiger partial charge in [0, 0.05) is 17.5 Å². The number of hydrogen-bond acceptors (Lipinski definition) is 8. The van der Waals surface area contributed by atoms with Crippen molar-refractivity contribution in [1.82, 2.24) is 15.0 Å². The third-order valence-corrected chi connectivity index (χ3v) is 4.59. The number of benzene rings is 3. The van der Waals surface area contributed by atoms with Crippen molar-refractivity contribution in [3.05, 3.63) is 90.8 Å². The number of nitrogens with zero attached hydrogens (tertiary/aromatic N) is 3. The van der Waals surface area contributed by atoms with Crippen LogP contribution in [0.15, 0.2) is 85.2 Å². The van der Waals surface area contributed by atoms with Crippen LogP contribution >= 0.6 is 0 Å². The minimum atomic E-state index is -0.494. The Morgan fingerprint density at radius 2 is 1.44 bits per heavy atom. The van der Waals surface area contributed by atoms with Crippen LogP contribution in [0.1, 0.15) is 5.56 Å². The van der Waals surface area contributed by atoms with Crippen LogP contribution < -0.4 is 25.8 Å². The maximum atomic E-state index is 10.8. The summed E-state index contributed by atoms with van der Waals surface area (Å²) in [7, 11) is 1.60. The van der Waals surface area contributed by atoms with E-state index in [1.165, 1.54) is 12.4 Å². The Bertz CT molecular complexity index is 1290. The standard InChI is InChI=1S/C25H22N6O3/c1-33-21-4-2-3-5-22(21)34-20-13-11-19(12-14-20)30-25-28-16-27-24(31-25)29-18-9-6-17(7-10-18)8-15-23(26)32/h2-16H,1H3,(H2,26,32)(H2,27,28,29,30,31)/b15-8+. The van der Waals surface area contributed by atoms with Crippen LogP contribution in [0, 0.1) is 0 Å². The fourth-order valence-corrected chi connectivity index (χ4v) is 2.97. The summed E-state index contributed by atoms with van der Waals surface area (Å²) >= 11 is 0. The number of carbonyl (C=O) groups is 1. The monoisotopic (exact) mass is 454 g/mol. The van der Waals surface area contributed by atoms with Gasteiger partial charge in [0.2, 0.25) is 17.8 Å². The molecule has 0 bridgehead atoms. The van der Waals surface area contributed by atoms with E-state index < -0.39 is 5.91 Å². The van der Waals surface area contributed by atoms with E-state index in [0.717, 1.165) is 16.9 Å². The van der Waals surface area contributed by atoms with Crippen molar-refractivity contribution in [3.63, 3.8) is 0 Å². The molecule has 0 aliphatic heterocycles. The Balaban J connectivity index is 1.39. The average molecular weight is 454 g/mol. The van der Waals surface area contributed by atoms with E-state index >= 15 is 0 Å². The number of amides is 1. The lowest BCUT2D eigenvalue weighted by Gasteiger charge is -2.11. The van der Waals surface area contributed by atoms with Crippen LogP contribution in [-0.4, -0.2) is 28.0 Å². The van der Waals surface area contributed by atoms with E-state index in [9.17, 15) is 4.79 Å². The lowest BCUT2D eigenvalue weighted by atomic mass is 10.2. The molecular weight excluding hydrogens is 432 g/mol. The first kappa shape index (κ1) is 22.3. The highest BCUT2D eigenvalue weighted by Crippen LogP contribution is 2.31. The SMILES string of the molecule is COc1ccccc1Oc1ccc(Nc2ncnc(Nc3ccc(/C=C/C(N)=O)cc3)n2)cc1. The lowest BCUT2D eigenvalue weighted by molar-refractivity contribution is -0.113. The number of anilines is 4. The number of nitrogens with two attached hydrogens (primary N) is 1. The molecule has 0 fully saturated rings. The minimum Gasteiger partial charge on any atom is -0.493 e. The van der Waals surface area contributed by atoms with Crippen molar-refractivity contribution in [2.24, 2.45) is 5.73 Å². The summed E-state index contributed by atoms with van der Waals surface area (Å²) in [6, 6.07) is 22.2. The number of ether oxygens (including phenoxy) is 2. The average Bonchev–Trinajstić information content (AvgIpc) is 2.85. The van der Waals surface area contributed by atoms with Crippen molar-refractivity contribution in [3.8, 4) is 17.2 Å². The number of carbonyl (C=O) groups excluding carboxylic acids is 1. The molecule has 1 amide bonds. The Labute approximate surface area is 196 Å². The molecule has 1 aromatic heterocycles. The molecule has 0 aliphatic rings. The maximum Gasteiger partial charge on any atom is 0.241 e. The summed E-state index contributed by atoms with van der Waals surface area (Å²) in [5, 5.41) is 6.26. The van der Waals surface area contributed by atoms with Crippen molar-refractivity contribution in [1.29, 1.82) is 0 Å². The smallest absolute Gasteiger partial charge is 0.241 e. The third kappa shape index (κ3) is 6.07. The van der Waals surface area contributed by atoms with Gasteiger partial charge in [0.25, 0.3) is 0 Å². The van der Waals surface area contributed by atoms with Gasteiger partial charge < -0.3 is 25.8 Å². The largest absolute Gasteiger partial charge is 0.493 e. The van der Waals surface area contributed by atoms with E-state index in [0.29, 0.717) is 29.1 Å². The van der Waals surface area contributed by atoms with Crippen molar-refractivity contribution < 1.29 is 14.3 Å². The van der Waals surface area contributed by atoms with E-state index in [2.05, 4.69) is 25.6 Å². The first-order valence-electron chi connectivity index (χ1n) is 10.3. The molecular formula is C25H22N6O3. The van der Waals surface area contributed by atoms with Gasteiger partial charge in [-0.3, -0.25) is 4.79 Å². The Morgan fingerprint density at radius 1 is 0.853 bits per heavy atom. The molecule has 4 N–H and O–H groups in total. The Kier molecular flexibility index (Phi) is 6.94. The fourth-order valence-electron chi connectivity index (χ4n) is 2.97. The van der Waals surface area contributed by atoms with Gasteiger partial charge in [-0.05, 0) is 60.2 Å². The zero-order valence-corrected chi connectivity index (χ0v) is 18.3. The summed E-state index contributed by atoms with van der Waals surface area (Å²) in [5.41, 5.74) is 7.53. The van der Waals surface area contributed by atoms with Crippen LogP contribution in [0.25, 0.3) is 6.08 Å². The quantitative estimate of drug-likeness (QED) is 0.312. The van der Waals surface area contributed by atoms with Gasteiger partial charge in [-0.1, -0.05) is 24.3 Å². The number of aromatic nitrogens is 3. The zero-order chi connectivity index (χ0) is 23.8. The topological polar surface area (TPSA) is 124 Å². The van der Waals surface area contributed by atoms with Gasteiger partial charge in [0.05, 0.1) is 7.11 Å². The number of rotatable bonds is 9. The van der Waals surface area contributed by atoms with Crippen LogP contribution in [0.4, 0.5) is 23.3 Å². The normalized spacial score (nSPS) is 10.6. The van der Waals surface area contributed by atoms with Gasteiger partial charge in [-0.15, -0.1) is 0 Å². The van der Waals surface area contributed by atoms with Gasteiger partial charge >= 0.3 is 0 Å². The number of primary amides is 1. The highest BCUT2D eigenvalue weighted by Gasteiger charge is 2.06. The summed E-state index contributed by atoms with van der Waals surface area (Å²) in [4.78, 5) is 23.6. The van der Waals surface area contributed by atoms with Crippen LogP contribution in [-0.2, 0) is 4.79 Å². The molecule has 9 nitrogen and oxygen atoms in total. The molecule has 9 heteroatoms. The molecule has 0 saturated heterocycles. The minimum absolute atomic E-state index is 0.383. The van der Waals surface area contributed by atoms with Crippen LogP contribution in [0.5, 0.6) is 17.2 Å². The summed E-state index contributed by atoms with van der Waals surface area (Å²) < 4.78 is 11.2. The first-order valence-corrected chi connectivity index (χ1v) is 10.3. The molecule has 0 saturated carbocycles. The molecule has 0 radical (unpaired) electrons. The maximum absolute atomic E-state index is 10.8. The fraction of sp³-hybridized carbons (Fsp3) is 0.0400. The van der Waals surface area contributed by atoms with Crippen molar-refractivity contribution >= 4 is 35.3 Å². The first-order chi connectivity index (χ1) is 16.6. The van der Waals surface area contributed by atoms with Gasteiger partial charge in [0.15, 0.2) is 11.5 Å². The zero-order valence-electron chi connectivity index (χ0n) is 18.3. The number of nitrogens with one attached hydrogen (secondary N) is 2. The molecule has 3 aromatic carbocycles. The highest BCUT2D eigenvalue weighted by atomic mass is 16.5. The molecule has 4 aromatic rings. The second-order valence-electron chi connectivity index (χ2n) is 7.02. The predicted molar refractivity (Wildman–Crippen MR) is 131 cm³/mol. The van der Waals surface area contributed by atoms with Crippen molar-refractivity contribution in [2.45, 2.75) is 0 Å². The van der Waals surface area contributed by atoms with Crippen molar-refractivity contribution in [2.75, 3.05) is 17.7 Å². The Hall–Kier alpha value is -4.92. The lowest BCUT2D eigenvalue weighted by Crippen LogP contribution is -2.05. The van der Waals surface area contributed by atoms with E-state index in [-0.39, 0.29) is 0 Å². The highest BCUT2D eigenvalue weighted by molar-refractivity contribution is 5.90. The molecule has 34 heavy (non-hydrogen) atoms. The molecule has 0 atom stereocenters. The number of para-hydroxylation sites is 2. The molecule has 0 spiro atoms. The second kappa shape index (κ2) is 10.6. The summed E-state index contributed by atoms with van der Waals surface area (Å²) in [6.45, 7) is 0. The van der Waals surface area contributed by atoms with E-state index in [1.807, 2.05) is 72.8 Å². The molecule has 170 valence electrons. The van der Waals surface area contributed by atoms with Gasteiger partial charge in [0.1, 0.15) is 12.1 Å². The number of hydrogen-bond donors (Lipinski definition) is 3. The predicted octanol–water partition coefficient (Wildman–Crippen LogP) is 4.66. The van der Waals surface area contributed by atoms with Crippen LogP contribution in [0.2, 0.25) is 0 Å². The second-order valence-corrected chi connectivity index (χ2v) is 7.02. The van der Waals surface area contributed by atoms with Gasteiger partial charge in [-0.25, -0.2) is 9.97 Å². The van der Waals surface area contributed by atoms with Crippen LogP contribution in [0.3, 0.4) is 0 Å².